The number of fused-ring (bicyclic) bond motifs is 6. The van der Waals surface area contributed by atoms with Gasteiger partial charge in [-0.2, -0.15) is 0 Å². The number of para-hydroxylation sites is 2. The molecule has 0 radical (unpaired) electrons. The monoisotopic (exact) mass is 1020 g/mol. The van der Waals surface area contributed by atoms with Gasteiger partial charge in [0.15, 0.2) is 0 Å². The minimum atomic E-state index is -0.542. The molecule has 0 spiro atoms. The quantitative estimate of drug-likeness (QED) is 0.128. The smallest absolute Gasteiger partial charge is 0.0751 e. The first-order valence-corrected chi connectivity index (χ1v) is 27.5. The first-order valence-electron chi connectivity index (χ1n) is 27.5. The molecule has 4 nitrogen and oxygen atoms in total. The molecule has 4 heteroatoms. The Bertz CT molecular complexity index is 4200. The Morgan fingerprint density at radius 1 is 0.237 bits per heavy atom. The molecule has 16 rings (SSSR count). The van der Waals surface area contributed by atoms with Crippen LogP contribution in [0.1, 0.15) is 44.5 Å². The van der Waals surface area contributed by atoms with Crippen molar-refractivity contribution in [3.8, 4) is 22.3 Å². The number of hydrogen-bond donors (Lipinski definition) is 0. The van der Waals surface area contributed by atoms with E-state index in [4.69, 9.17) is 9.97 Å². The largest absolute Gasteiger partial charge is 0.310 e. The zero-order valence-electron chi connectivity index (χ0n) is 43.7. The fourth-order valence-corrected chi connectivity index (χ4v) is 13.9. The van der Waals surface area contributed by atoms with E-state index in [1.807, 2.05) is 0 Å². The second kappa shape index (κ2) is 18.1. The van der Waals surface area contributed by atoms with Crippen molar-refractivity contribution in [2.24, 2.45) is 0 Å². The summed E-state index contributed by atoms with van der Waals surface area (Å²) in [4.78, 5) is 15.5. The standard InChI is InChI=1S/C76H50N4/c1-7-23-53(24-8-1)75(54-25-9-2-10-26-54)67-37-21-19-35-63(67)65-41-39-59(45-69(65)75)79(57-31-15-5-16-32-57)61-43-51-49-77-71-47-62(48-72-74(71)73(51)52(44-61)50-78-72)80(58-33-17-6-18-34-58)60-40-42-66-64-36-20-22-38-68(64)76(70(66)46-60,55-27-11-3-12-28-55)56-29-13-4-14-30-56/h1-50H. The van der Waals surface area contributed by atoms with E-state index in [0.29, 0.717) is 0 Å². The van der Waals surface area contributed by atoms with Crippen LogP contribution in [-0.4, -0.2) is 9.97 Å². The molecule has 374 valence electrons. The molecule has 0 saturated carbocycles. The van der Waals surface area contributed by atoms with Gasteiger partial charge in [0.2, 0.25) is 0 Å². The van der Waals surface area contributed by atoms with E-state index in [2.05, 4.69) is 313 Å². The maximum absolute atomic E-state index is 5.35. The third-order valence-electron chi connectivity index (χ3n) is 17.1. The Hall–Kier alpha value is -10.4. The van der Waals surface area contributed by atoms with Crippen LogP contribution >= 0.6 is 0 Å². The maximum Gasteiger partial charge on any atom is 0.0751 e. The normalized spacial score (nSPS) is 13.4. The van der Waals surface area contributed by atoms with Crippen LogP contribution in [0.4, 0.5) is 34.1 Å². The summed E-state index contributed by atoms with van der Waals surface area (Å²) in [7, 11) is 0. The van der Waals surface area contributed by atoms with E-state index in [0.717, 1.165) is 66.7 Å². The van der Waals surface area contributed by atoms with Gasteiger partial charge in [-0.15, -0.1) is 0 Å². The van der Waals surface area contributed by atoms with Crippen LogP contribution in [0.15, 0.2) is 304 Å². The summed E-state index contributed by atoms with van der Waals surface area (Å²) in [6.45, 7) is 0. The molecule has 80 heavy (non-hydrogen) atoms. The highest BCUT2D eigenvalue weighted by Gasteiger charge is 2.48. The van der Waals surface area contributed by atoms with Crippen molar-refractivity contribution in [3.63, 3.8) is 0 Å². The molecule has 0 unspecified atom stereocenters. The molecule has 2 aliphatic carbocycles. The van der Waals surface area contributed by atoms with E-state index in [1.54, 1.807) is 0 Å². The van der Waals surface area contributed by atoms with E-state index in [-0.39, 0.29) is 0 Å². The highest BCUT2D eigenvalue weighted by Crippen LogP contribution is 2.59. The number of rotatable bonds is 10. The van der Waals surface area contributed by atoms with Crippen molar-refractivity contribution < 1.29 is 0 Å². The van der Waals surface area contributed by atoms with Gasteiger partial charge in [-0.3, -0.25) is 9.97 Å². The molecule has 12 aromatic carbocycles. The number of nitrogens with zero attached hydrogens (tertiary/aromatic N) is 4. The van der Waals surface area contributed by atoms with Gasteiger partial charge in [0.25, 0.3) is 0 Å². The molecule has 2 aliphatic rings. The SMILES string of the molecule is c1ccc(N(c2ccc3c(c2)C(c2ccccc2)(c2ccccc2)c2ccccc2-3)c2cc3cnc4cc(N(c5ccccc5)c5ccc6c(c5)C(c5ccccc5)(c5ccccc5)c5ccccc5-6)cc5ncc(c2)c3c45)cc1. The molecule has 2 aromatic heterocycles. The number of benzene rings is 12. The van der Waals surface area contributed by atoms with Gasteiger partial charge in [-0.25, -0.2) is 0 Å². The average Bonchev–Trinajstić information content (AvgIpc) is 4.22. The van der Waals surface area contributed by atoms with Crippen LogP contribution in [0.2, 0.25) is 0 Å². The molecular formula is C76H50N4. The minimum Gasteiger partial charge on any atom is -0.310 e. The summed E-state index contributed by atoms with van der Waals surface area (Å²) in [5.41, 5.74) is 22.0. The van der Waals surface area contributed by atoms with Crippen molar-refractivity contribution in [3.05, 3.63) is 348 Å². The molecule has 0 atom stereocenters. The van der Waals surface area contributed by atoms with Crippen molar-refractivity contribution in [2.75, 3.05) is 9.80 Å². The highest BCUT2D eigenvalue weighted by atomic mass is 15.1. The van der Waals surface area contributed by atoms with Crippen LogP contribution in [0, 0.1) is 0 Å². The molecule has 0 N–H and O–H groups in total. The van der Waals surface area contributed by atoms with Gasteiger partial charge in [-0.1, -0.05) is 218 Å². The van der Waals surface area contributed by atoms with Gasteiger partial charge in [0, 0.05) is 62.4 Å². The van der Waals surface area contributed by atoms with Gasteiger partial charge in [0.05, 0.1) is 27.6 Å². The zero-order chi connectivity index (χ0) is 52.8. The molecule has 14 aromatic rings. The molecule has 0 saturated heterocycles. The molecule has 2 heterocycles. The summed E-state index contributed by atoms with van der Waals surface area (Å²) in [6.07, 6.45) is 4.12. The third-order valence-corrected chi connectivity index (χ3v) is 17.1. The lowest BCUT2D eigenvalue weighted by Gasteiger charge is -2.35. The summed E-state index contributed by atoms with van der Waals surface area (Å²) in [5, 5.41) is 4.31. The first-order chi connectivity index (χ1) is 39.7. The van der Waals surface area contributed by atoms with Crippen LogP contribution in [0.5, 0.6) is 0 Å². The number of anilines is 6. The Kier molecular flexibility index (Phi) is 10.3. The molecule has 0 fully saturated rings. The van der Waals surface area contributed by atoms with Crippen LogP contribution in [-0.2, 0) is 10.8 Å². The fourth-order valence-electron chi connectivity index (χ4n) is 13.9. The summed E-state index contributed by atoms with van der Waals surface area (Å²) in [5.74, 6) is 0. The van der Waals surface area contributed by atoms with Crippen molar-refractivity contribution in [1.82, 2.24) is 9.97 Å². The van der Waals surface area contributed by atoms with Crippen molar-refractivity contribution in [2.45, 2.75) is 10.8 Å². The Balaban J connectivity index is 0.855. The number of hydrogen-bond acceptors (Lipinski definition) is 4. The number of aromatic nitrogens is 2. The fraction of sp³-hybridized carbons (Fsp3) is 0.0263. The Morgan fingerprint density at radius 3 is 0.950 bits per heavy atom. The number of pyridine rings is 2. The predicted molar refractivity (Wildman–Crippen MR) is 330 cm³/mol. The first kappa shape index (κ1) is 45.7. The lowest BCUT2D eigenvalue weighted by atomic mass is 9.67. The van der Waals surface area contributed by atoms with Crippen LogP contribution in [0.3, 0.4) is 0 Å². The minimum absolute atomic E-state index is 0.537. The Labute approximate surface area is 465 Å². The lowest BCUT2D eigenvalue weighted by molar-refractivity contribution is 0.768. The maximum atomic E-state index is 5.35. The van der Waals surface area contributed by atoms with Gasteiger partial charge in [-0.05, 0) is 140 Å². The third kappa shape index (κ3) is 6.69. The average molecular weight is 1020 g/mol. The lowest BCUT2D eigenvalue weighted by Crippen LogP contribution is -2.28. The van der Waals surface area contributed by atoms with E-state index in [1.165, 1.54) is 66.8 Å². The Morgan fingerprint density at radius 2 is 0.562 bits per heavy atom. The van der Waals surface area contributed by atoms with Crippen LogP contribution < -0.4 is 9.80 Å². The molecule has 0 aliphatic heterocycles. The van der Waals surface area contributed by atoms with E-state index < -0.39 is 10.8 Å². The summed E-state index contributed by atoms with van der Waals surface area (Å²) < 4.78 is 0. The second-order valence-electron chi connectivity index (χ2n) is 21.2. The second-order valence-corrected chi connectivity index (χ2v) is 21.2. The summed E-state index contributed by atoms with van der Waals surface area (Å²) in [6, 6.07) is 107. The van der Waals surface area contributed by atoms with Gasteiger partial charge in [0.1, 0.15) is 0 Å². The topological polar surface area (TPSA) is 32.3 Å². The van der Waals surface area contributed by atoms with E-state index >= 15 is 0 Å². The highest BCUT2D eigenvalue weighted by molar-refractivity contribution is 6.22. The van der Waals surface area contributed by atoms with Gasteiger partial charge < -0.3 is 9.80 Å². The summed E-state index contributed by atoms with van der Waals surface area (Å²) >= 11 is 0. The molecule has 0 amide bonds. The van der Waals surface area contributed by atoms with Crippen molar-refractivity contribution >= 4 is 66.7 Å². The molecule has 0 bridgehead atoms. The van der Waals surface area contributed by atoms with Crippen LogP contribution in [0.25, 0.3) is 54.8 Å². The zero-order valence-corrected chi connectivity index (χ0v) is 43.7. The predicted octanol–water partition coefficient (Wildman–Crippen LogP) is 19.0. The van der Waals surface area contributed by atoms with E-state index in [9.17, 15) is 0 Å². The van der Waals surface area contributed by atoms with Gasteiger partial charge >= 0.3 is 0 Å². The molecular weight excluding hydrogens is 969 g/mol. The van der Waals surface area contributed by atoms with Crippen molar-refractivity contribution in [1.29, 1.82) is 0 Å².